The maximum Gasteiger partial charge on any atom is 0.257 e. The van der Waals surface area contributed by atoms with E-state index in [2.05, 4.69) is 5.32 Å². The molecule has 0 aromatic heterocycles. The summed E-state index contributed by atoms with van der Waals surface area (Å²) >= 11 is 10.7. The Kier molecular flexibility index (Phi) is 11.4. The Labute approximate surface area is 124 Å². The van der Waals surface area contributed by atoms with E-state index in [0.29, 0.717) is 11.3 Å². The average Bonchev–Trinajstić information content (AvgIpc) is 2.40. The van der Waals surface area contributed by atoms with Crippen molar-refractivity contribution < 1.29 is 15.0 Å². The van der Waals surface area contributed by atoms with Crippen molar-refractivity contribution in [1.29, 1.82) is 0 Å². The number of carbonyl (C=O) groups is 1. The van der Waals surface area contributed by atoms with Crippen molar-refractivity contribution in [2.24, 2.45) is 0 Å². The number of anilines is 1. The third-order valence-corrected chi connectivity index (χ3v) is 2.17. The Bertz CT molecular complexity index is 396. The van der Waals surface area contributed by atoms with Gasteiger partial charge in [0.05, 0.1) is 0 Å². The number of nitrogens with one attached hydrogen (secondary N) is 1. The average molecular weight is 310 g/mol. The zero-order chi connectivity index (χ0) is 15.6. The molecule has 0 saturated carbocycles. The minimum Gasteiger partial charge on any atom is -0.504 e. The quantitative estimate of drug-likeness (QED) is 0.435. The molecule has 0 aliphatic heterocycles. The number of amides is 1. The van der Waals surface area contributed by atoms with Gasteiger partial charge in [-0.15, -0.1) is 0 Å². The van der Waals surface area contributed by atoms with Gasteiger partial charge in [0.2, 0.25) is 0 Å². The van der Waals surface area contributed by atoms with Gasteiger partial charge < -0.3 is 15.5 Å². The van der Waals surface area contributed by atoms with Crippen LogP contribution >= 0.6 is 23.2 Å². The van der Waals surface area contributed by atoms with Crippen LogP contribution < -0.4 is 5.32 Å². The SMILES string of the molecule is CC.CC.Cc1cc(O)c(O)cc1NC(=O)C(Cl)Cl. The van der Waals surface area contributed by atoms with E-state index in [-0.39, 0.29) is 11.5 Å². The second kappa shape index (κ2) is 10.8. The molecule has 0 atom stereocenters. The Morgan fingerprint density at radius 1 is 1.11 bits per heavy atom. The summed E-state index contributed by atoms with van der Waals surface area (Å²) in [6.45, 7) is 9.66. The molecule has 110 valence electrons. The second-order valence-electron chi connectivity index (χ2n) is 2.95. The summed E-state index contributed by atoms with van der Waals surface area (Å²) in [4.78, 5) is 9.96. The molecule has 0 radical (unpaired) electrons. The smallest absolute Gasteiger partial charge is 0.257 e. The number of carbonyl (C=O) groups excluding carboxylic acids is 1. The Hall–Kier alpha value is -1.13. The molecule has 1 aromatic rings. The lowest BCUT2D eigenvalue weighted by molar-refractivity contribution is -0.114. The van der Waals surface area contributed by atoms with E-state index in [9.17, 15) is 9.90 Å². The number of halogens is 2. The molecule has 0 bridgehead atoms. The minimum atomic E-state index is -1.18. The van der Waals surface area contributed by atoms with Crippen molar-refractivity contribution in [3.05, 3.63) is 17.7 Å². The molecule has 3 N–H and O–H groups in total. The lowest BCUT2D eigenvalue weighted by Gasteiger charge is -2.09. The molecule has 0 aliphatic rings. The number of hydrogen-bond donors (Lipinski definition) is 3. The number of phenols is 2. The summed E-state index contributed by atoms with van der Waals surface area (Å²) in [5.41, 5.74) is 0.939. The zero-order valence-electron chi connectivity index (χ0n) is 11.8. The highest BCUT2D eigenvalue weighted by Crippen LogP contribution is 2.31. The van der Waals surface area contributed by atoms with E-state index >= 15 is 0 Å². The van der Waals surface area contributed by atoms with Crippen molar-refractivity contribution >= 4 is 34.8 Å². The van der Waals surface area contributed by atoms with Crippen molar-refractivity contribution in [2.75, 3.05) is 5.32 Å². The van der Waals surface area contributed by atoms with Gasteiger partial charge in [0.1, 0.15) is 0 Å². The zero-order valence-corrected chi connectivity index (χ0v) is 13.3. The minimum absolute atomic E-state index is 0.251. The van der Waals surface area contributed by atoms with Crippen LogP contribution in [0.4, 0.5) is 5.69 Å². The molecule has 1 aromatic carbocycles. The summed E-state index contributed by atoms with van der Waals surface area (Å²) < 4.78 is 0. The van der Waals surface area contributed by atoms with Crippen LogP contribution in [-0.2, 0) is 4.79 Å². The number of alkyl halides is 2. The van der Waals surface area contributed by atoms with Gasteiger partial charge in [-0.25, -0.2) is 0 Å². The third kappa shape index (κ3) is 7.13. The summed E-state index contributed by atoms with van der Waals surface area (Å²) in [5, 5.41) is 20.8. The Balaban J connectivity index is 0. The van der Waals surface area contributed by atoms with Crippen LogP contribution in [0.25, 0.3) is 0 Å². The van der Waals surface area contributed by atoms with Crippen LogP contribution in [0.2, 0.25) is 0 Å². The molecule has 0 aliphatic carbocycles. The molecule has 0 heterocycles. The molecule has 6 heteroatoms. The number of aromatic hydroxyl groups is 2. The molecular formula is C13H21Cl2NO3. The molecule has 1 rings (SSSR count). The molecule has 4 nitrogen and oxygen atoms in total. The van der Waals surface area contributed by atoms with Crippen LogP contribution in [0, 0.1) is 6.92 Å². The maximum atomic E-state index is 11.1. The highest BCUT2D eigenvalue weighted by Gasteiger charge is 2.13. The molecular weight excluding hydrogens is 289 g/mol. The lowest BCUT2D eigenvalue weighted by Crippen LogP contribution is -2.19. The van der Waals surface area contributed by atoms with Crippen LogP contribution in [0.3, 0.4) is 0 Å². The molecule has 19 heavy (non-hydrogen) atoms. The van der Waals surface area contributed by atoms with Crippen LogP contribution in [-0.4, -0.2) is 21.0 Å². The van der Waals surface area contributed by atoms with Crippen LogP contribution in [0.1, 0.15) is 33.3 Å². The Morgan fingerprint density at radius 2 is 1.53 bits per heavy atom. The van der Waals surface area contributed by atoms with E-state index in [1.54, 1.807) is 6.92 Å². The first-order valence-electron chi connectivity index (χ1n) is 6.03. The number of phenolic OH excluding ortho intramolecular Hbond substituents is 2. The highest BCUT2D eigenvalue weighted by atomic mass is 35.5. The number of benzene rings is 1. The normalized spacial score (nSPS) is 8.84. The summed E-state index contributed by atoms with van der Waals surface area (Å²) in [7, 11) is 0. The van der Waals surface area contributed by atoms with Crippen molar-refractivity contribution in [2.45, 2.75) is 39.5 Å². The fourth-order valence-electron chi connectivity index (χ4n) is 1.00. The predicted octanol–water partition coefficient (Wildman–Crippen LogP) is 4.20. The lowest BCUT2D eigenvalue weighted by atomic mass is 10.2. The second-order valence-corrected chi connectivity index (χ2v) is 4.04. The van der Waals surface area contributed by atoms with Gasteiger partial charge in [0.25, 0.3) is 5.91 Å². The third-order valence-electron chi connectivity index (χ3n) is 1.78. The standard InChI is InChI=1S/C9H9Cl2NO3.2C2H6/c1-4-2-6(13)7(14)3-5(4)12-9(15)8(10)11;2*1-2/h2-3,8,13-14H,1H3,(H,12,15);2*1-2H3. The molecule has 0 spiro atoms. The highest BCUT2D eigenvalue weighted by molar-refractivity contribution is 6.54. The topological polar surface area (TPSA) is 69.6 Å². The van der Waals surface area contributed by atoms with Crippen molar-refractivity contribution in [1.82, 2.24) is 0 Å². The number of hydrogen-bond acceptors (Lipinski definition) is 3. The van der Waals surface area contributed by atoms with Gasteiger partial charge in [-0.3, -0.25) is 4.79 Å². The fourth-order valence-corrected chi connectivity index (χ4v) is 1.11. The predicted molar refractivity (Wildman–Crippen MR) is 81.3 cm³/mol. The molecule has 1 amide bonds. The summed E-state index contributed by atoms with van der Waals surface area (Å²) in [5.74, 6) is -1.16. The first-order chi connectivity index (χ1) is 8.91. The monoisotopic (exact) mass is 309 g/mol. The van der Waals surface area contributed by atoms with Crippen LogP contribution in [0.15, 0.2) is 12.1 Å². The van der Waals surface area contributed by atoms with Gasteiger partial charge in [-0.2, -0.15) is 0 Å². The van der Waals surface area contributed by atoms with Crippen molar-refractivity contribution in [3.63, 3.8) is 0 Å². The van der Waals surface area contributed by atoms with Gasteiger partial charge in [0, 0.05) is 11.8 Å². The maximum absolute atomic E-state index is 11.1. The van der Waals surface area contributed by atoms with E-state index in [0.717, 1.165) is 0 Å². The van der Waals surface area contributed by atoms with E-state index in [1.165, 1.54) is 12.1 Å². The Morgan fingerprint density at radius 3 is 1.95 bits per heavy atom. The van der Waals surface area contributed by atoms with Crippen molar-refractivity contribution in [3.8, 4) is 11.5 Å². The van der Waals surface area contributed by atoms with Gasteiger partial charge in [-0.1, -0.05) is 50.9 Å². The summed E-state index contributed by atoms with van der Waals surface area (Å²) in [6, 6.07) is 2.54. The first-order valence-corrected chi connectivity index (χ1v) is 6.90. The first kappa shape index (κ1) is 20.2. The number of rotatable bonds is 2. The van der Waals surface area contributed by atoms with Crippen LogP contribution in [0.5, 0.6) is 11.5 Å². The molecule has 0 fully saturated rings. The number of aryl methyl sites for hydroxylation is 1. The molecule has 0 unspecified atom stereocenters. The fraction of sp³-hybridized carbons (Fsp3) is 0.462. The van der Waals surface area contributed by atoms with Gasteiger partial charge >= 0.3 is 0 Å². The summed E-state index contributed by atoms with van der Waals surface area (Å²) in [6.07, 6.45) is 0. The largest absolute Gasteiger partial charge is 0.504 e. The van der Waals surface area contributed by atoms with E-state index in [1.807, 2.05) is 27.7 Å². The van der Waals surface area contributed by atoms with E-state index in [4.69, 9.17) is 28.3 Å². The van der Waals surface area contributed by atoms with Gasteiger partial charge in [-0.05, 0) is 18.6 Å². The van der Waals surface area contributed by atoms with Gasteiger partial charge in [0.15, 0.2) is 16.3 Å². The van der Waals surface area contributed by atoms with E-state index < -0.39 is 10.7 Å². The molecule has 0 saturated heterocycles.